The molecule has 4 saturated heterocycles. The van der Waals surface area contributed by atoms with Gasteiger partial charge in [0.05, 0.1) is 17.0 Å². The smallest absolute Gasteiger partial charge is 0.431 e. The summed E-state index contributed by atoms with van der Waals surface area (Å²) in [5.74, 6) is -2.00. The normalized spacial score (nSPS) is 25.0. The van der Waals surface area contributed by atoms with E-state index in [0.717, 1.165) is 0 Å². The van der Waals surface area contributed by atoms with Crippen molar-refractivity contribution in [1.82, 2.24) is 33.2 Å². The molecule has 9 atom stereocenters. The van der Waals surface area contributed by atoms with Gasteiger partial charge in [0.2, 0.25) is 5.95 Å². The molecule has 9 rings (SSSR count). The van der Waals surface area contributed by atoms with Crippen molar-refractivity contribution >= 4 is 72.7 Å². The van der Waals surface area contributed by atoms with E-state index in [1.54, 1.807) is 27.7 Å². The van der Waals surface area contributed by atoms with E-state index in [9.17, 15) is 39.2 Å². The van der Waals surface area contributed by atoms with Crippen molar-refractivity contribution < 1.29 is 52.7 Å². The van der Waals surface area contributed by atoms with Crippen molar-refractivity contribution in [3.63, 3.8) is 0 Å². The SMILES string of the molecule is C=CCn1c(=O)n(C2O[C@H](CO)[C@H]3OC(C)(C)O[C@@H]23)c2nc(N)[nH]c(=O)c21.C=CCn1c(=O)n([C@@H]2O[C@H](COC(=O)Oc3ccc([N+](=O)[O-])cc3)[C@H]3OC(C)(C)O[C@H]32)c2cc(N)[nH]c(=O)c21.N=PPCl. The number of pyridine rings is 1. The minimum Gasteiger partial charge on any atom is -0.431 e. The van der Waals surface area contributed by atoms with Gasteiger partial charge in [-0.15, -0.1) is 13.2 Å². The number of non-ortho nitro benzene ring substituents is 1. The Morgan fingerprint density at radius 3 is 1.99 bits per heavy atom. The van der Waals surface area contributed by atoms with Crippen LogP contribution in [0.4, 0.5) is 22.2 Å². The third-order valence-electron chi connectivity index (χ3n) is 11.0. The van der Waals surface area contributed by atoms with Gasteiger partial charge in [-0.2, -0.15) is 4.98 Å². The van der Waals surface area contributed by atoms with Crippen LogP contribution in [0.5, 0.6) is 5.75 Å². The molecular weight excluding hydrogens is 988 g/mol. The summed E-state index contributed by atoms with van der Waals surface area (Å²) in [7, 11) is 0.793. The van der Waals surface area contributed by atoms with E-state index < -0.39 is 94.2 Å². The second kappa shape index (κ2) is 20.7. The predicted molar refractivity (Wildman–Crippen MR) is 252 cm³/mol. The van der Waals surface area contributed by atoms with Crippen LogP contribution in [0.25, 0.3) is 22.2 Å². The van der Waals surface area contributed by atoms with Gasteiger partial charge in [0.25, 0.3) is 16.8 Å². The molecule has 1 aromatic carbocycles. The molecule has 4 aliphatic heterocycles. The van der Waals surface area contributed by atoms with Crippen LogP contribution in [0.3, 0.4) is 0 Å². The number of carbonyl (C=O) groups excluding carboxylic acids is 1. The van der Waals surface area contributed by atoms with Crippen molar-refractivity contribution in [2.24, 2.45) is 0 Å². The zero-order valence-electron chi connectivity index (χ0n) is 37.6. The fraction of sp³-hybridized carbons (Fsp3) is 0.450. The largest absolute Gasteiger partial charge is 0.513 e. The van der Waals surface area contributed by atoms with Gasteiger partial charge in [-0.25, -0.2) is 19.0 Å². The van der Waals surface area contributed by atoms with E-state index in [1.165, 1.54) is 60.8 Å². The number of rotatable bonds is 12. The van der Waals surface area contributed by atoms with Gasteiger partial charge >= 0.3 is 17.5 Å². The Morgan fingerprint density at radius 1 is 0.914 bits per heavy atom. The number of hydrogen-bond acceptors (Lipinski definition) is 20. The molecule has 30 heteroatoms. The van der Waals surface area contributed by atoms with Gasteiger partial charge in [0.1, 0.15) is 60.3 Å². The molecule has 0 spiro atoms. The molecule has 0 radical (unpaired) electrons. The number of ether oxygens (including phenoxy) is 8. The number of fused-ring (bicyclic) bond motifs is 4. The number of anilines is 2. The van der Waals surface area contributed by atoms with E-state index in [-0.39, 0.29) is 79.3 Å². The first-order chi connectivity index (χ1) is 33.2. The highest BCUT2D eigenvalue weighted by Crippen LogP contribution is 2.45. The number of nitrogens with one attached hydrogen (secondary N) is 3. The Bertz CT molecular complexity index is 3080. The molecule has 0 amide bonds. The Hall–Kier alpha value is -6.12. The predicted octanol–water partition coefficient (Wildman–Crippen LogP) is 3.31. The second-order valence-corrected chi connectivity index (χ2v) is 19.7. The highest BCUT2D eigenvalue weighted by Gasteiger charge is 2.58. The van der Waals surface area contributed by atoms with Gasteiger partial charge in [-0.1, -0.05) is 23.4 Å². The van der Waals surface area contributed by atoms with E-state index in [1.807, 2.05) is 0 Å². The number of aliphatic hydroxyl groups excluding tert-OH is 1. The Kier molecular flexibility index (Phi) is 15.3. The zero-order valence-corrected chi connectivity index (χ0v) is 40.3. The van der Waals surface area contributed by atoms with Crippen LogP contribution in [0.15, 0.2) is 74.8 Å². The lowest BCUT2D eigenvalue weighted by Crippen LogP contribution is -2.34. The molecule has 5 aromatic rings. The summed E-state index contributed by atoms with van der Waals surface area (Å²) in [6, 6.07) is 6.33. The van der Waals surface area contributed by atoms with Crippen LogP contribution in [-0.2, 0) is 46.2 Å². The molecule has 0 saturated carbocycles. The molecule has 8 N–H and O–H groups in total. The molecular formula is C40H48ClN11O16P2. The van der Waals surface area contributed by atoms with Crippen LogP contribution in [-0.4, -0.2) is 111 Å². The number of nitro benzene ring substituents is 1. The van der Waals surface area contributed by atoms with Crippen molar-refractivity contribution in [3.05, 3.63) is 107 Å². The highest BCUT2D eigenvalue weighted by molar-refractivity contribution is 8.19. The van der Waals surface area contributed by atoms with Crippen LogP contribution in [0, 0.1) is 15.3 Å². The molecule has 4 aromatic heterocycles. The quantitative estimate of drug-likeness (QED) is 0.0261. The molecule has 0 aliphatic carbocycles. The maximum Gasteiger partial charge on any atom is 0.513 e. The summed E-state index contributed by atoms with van der Waals surface area (Å²) in [6.07, 6.45) is -4.47. The number of carbonyl (C=O) groups is 1. The number of benzene rings is 1. The number of aromatic amines is 2. The lowest BCUT2D eigenvalue weighted by molar-refractivity contribution is -0.384. The van der Waals surface area contributed by atoms with E-state index >= 15 is 0 Å². The third kappa shape index (κ3) is 10.2. The summed E-state index contributed by atoms with van der Waals surface area (Å²) in [4.78, 5) is 83.2. The van der Waals surface area contributed by atoms with Gasteiger partial charge < -0.3 is 59.5 Å². The lowest BCUT2D eigenvalue weighted by atomic mass is 10.1. The van der Waals surface area contributed by atoms with Gasteiger partial charge in [0, 0.05) is 47.0 Å². The topological polar surface area (TPSA) is 363 Å². The minimum atomic E-state index is -1.08. The van der Waals surface area contributed by atoms with Gasteiger partial charge in [0.15, 0.2) is 35.2 Å². The fourth-order valence-corrected chi connectivity index (χ4v) is 8.53. The highest BCUT2D eigenvalue weighted by atomic mass is 35.7. The molecule has 70 heavy (non-hydrogen) atoms. The first-order valence-electron chi connectivity index (χ1n) is 21.0. The summed E-state index contributed by atoms with van der Waals surface area (Å²) >= 11 is 5.01. The van der Waals surface area contributed by atoms with Crippen molar-refractivity contribution in [3.8, 4) is 5.75 Å². The number of imidazole rings is 2. The van der Waals surface area contributed by atoms with Crippen LogP contribution >= 0.6 is 26.9 Å². The number of nitrogens with two attached hydrogens (primary N) is 2. The third-order valence-corrected chi connectivity index (χ3v) is 12.1. The number of halogens is 1. The van der Waals surface area contributed by atoms with Crippen molar-refractivity contribution in [2.45, 2.75) is 101 Å². The molecule has 4 fully saturated rings. The molecule has 2 unspecified atom stereocenters. The number of nitrogen functional groups attached to an aromatic ring is 2. The maximum atomic E-state index is 13.5. The molecule has 4 aliphatic rings. The standard InChI is InChI=1S/C24H25N5O10.C16H21N5O6.ClH2NP2/c1-4-9-27-17-14(10-16(25)26-20(17)30)28(22(27)31)21-19-18(38-24(2,3)39-19)15(37-21)11-35-23(32)36-13-7-5-12(6-8-13)29(33)34;1-4-5-20-8-11(18-14(17)19-12(8)23)21(15(20)24)13-10-9(7(6-22)25-13)26-16(2,3)27-10;1-3-4-2/h4-8,10,15,18-19,21H,1,9,11H2,2-3H3,(H3,25,26,30);4,7,9-10,13,22H,1,5-6H2,2-3H3,(H3,17,18,19,23);2-3H/t15-,18-,19-,21-;7-,9-,10-,13?;/m11./s1. The average Bonchev–Trinajstić information content (AvgIpc) is 4.10. The van der Waals surface area contributed by atoms with E-state index in [4.69, 9.17) is 65.8 Å². The Balaban J connectivity index is 0.000000202. The monoisotopic (exact) mass is 1040 g/mol. The number of nitro groups is 1. The lowest BCUT2D eigenvalue weighted by Gasteiger charge is -2.24. The number of hydrogen-bond donors (Lipinski definition) is 6. The van der Waals surface area contributed by atoms with Crippen LogP contribution in [0.1, 0.15) is 40.2 Å². The van der Waals surface area contributed by atoms with E-state index in [2.05, 4.69) is 28.1 Å². The fourth-order valence-electron chi connectivity index (χ4n) is 8.53. The Labute approximate surface area is 402 Å². The van der Waals surface area contributed by atoms with Crippen molar-refractivity contribution in [1.29, 1.82) is 5.16 Å². The summed E-state index contributed by atoms with van der Waals surface area (Å²) in [5, 5.41) is 26.8. The van der Waals surface area contributed by atoms with Crippen molar-refractivity contribution in [2.75, 3.05) is 24.7 Å². The van der Waals surface area contributed by atoms with Gasteiger partial charge in [-0.05, 0) is 39.8 Å². The number of aromatic nitrogens is 7. The summed E-state index contributed by atoms with van der Waals surface area (Å²) in [6.45, 7) is 13.6. The maximum absolute atomic E-state index is 13.5. The van der Waals surface area contributed by atoms with Gasteiger partial charge in [-0.3, -0.25) is 43.6 Å². The molecule has 0 bridgehead atoms. The first kappa shape index (κ1) is 51.7. The van der Waals surface area contributed by atoms with Crippen LogP contribution < -0.4 is 38.7 Å². The van der Waals surface area contributed by atoms with E-state index in [0.29, 0.717) is 8.06 Å². The summed E-state index contributed by atoms with van der Waals surface area (Å²) < 4.78 is 51.0. The number of aliphatic hydroxyl groups is 1. The number of H-pyrrole nitrogens is 2. The summed E-state index contributed by atoms with van der Waals surface area (Å²) in [5.41, 5.74) is 9.62. The molecule has 8 heterocycles. The Morgan fingerprint density at radius 2 is 1.43 bits per heavy atom. The minimum absolute atomic E-state index is 0.0414. The van der Waals surface area contributed by atoms with Crippen LogP contribution in [0.2, 0.25) is 0 Å². The average molecular weight is 1040 g/mol. The molecule has 27 nitrogen and oxygen atoms in total. The zero-order chi connectivity index (χ0) is 51.0. The molecule has 376 valence electrons. The second-order valence-electron chi connectivity index (χ2n) is 16.6. The first-order valence-corrected chi connectivity index (χ1v) is 24.7. The number of nitrogens with zero attached hydrogens (tertiary/aromatic N) is 6. The number of allylic oxidation sites excluding steroid dienone is 2.